The molecule has 40 heavy (non-hydrogen) atoms. The van der Waals surface area contributed by atoms with Crippen molar-refractivity contribution >= 4 is 46.6 Å². The van der Waals surface area contributed by atoms with Crippen LogP contribution >= 0.6 is 23.2 Å². The molecule has 2 saturated heterocycles. The van der Waals surface area contributed by atoms with Crippen molar-refractivity contribution in [1.82, 2.24) is 15.1 Å². The van der Waals surface area contributed by atoms with E-state index in [2.05, 4.69) is 36.2 Å². The minimum absolute atomic E-state index is 0.0151. The van der Waals surface area contributed by atoms with E-state index < -0.39 is 6.04 Å². The van der Waals surface area contributed by atoms with Gasteiger partial charge in [-0.1, -0.05) is 68.2 Å². The quantitative estimate of drug-likeness (QED) is 0.399. The van der Waals surface area contributed by atoms with Gasteiger partial charge in [-0.2, -0.15) is 0 Å². The van der Waals surface area contributed by atoms with E-state index in [0.717, 1.165) is 29.7 Å². The first-order chi connectivity index (χ1) is 19.2. The van der Waals surface area contributed by atoms with Gasteiger partial charge < -0.3 is 20.0 Å². The van der Waals surface area contributed by atoms with Crippen molar-refractivity contribution in [2.45, 2.75) is 65.0 Å². The molecule has 2 aromatic carbocycles. The van der Waals surface area contributed by atoms with Gasteiger partial charge in [0.1, 0.15) is 6.04 Å². The topological polar surface area (TPSA) is 73.0 Å². The predicted molar refractivity (Wildman–Crippen MR) is 161 cm³/mol. The van der Waals surface area contributed by atoms with E-state index in [1.807, 2.05) is 30.0 Å². The molecule has 2 heterocycles. The Balaban J connectivity index is 1.50. The Kier molecular flexibility index (Phi) is 10.4. The molecule has 0 aliphatic carbocycles. The number of likely N-dealkylation sites (tertiary alicyclic amines) is 1. The summed E-state index contributed by atoms with van der Waals surface area (Å²) in [6.45, 7) is 9.21. The molecule has 9 heteroatoms. The van der Waals surface area contributed by atoms with Gasteiger partial charge in [0.2, 0.25) is 17.7 Å². The Morgan fingerprint density at radius 3 is 2.35 bits per heavy atom. The Morgan fingerprint density at radius 1 is 1.00 bits per heavy atom. The third-order valence-electron chi connectivity index (χ3n) is 7.81. The lowest BCUT2D eigenvalue weighted by Gasteiger charge is -2.40. The van der Waals surface area contributed by atoms with Crippen LogP contribution in [0.4, 0.5) is 5.69 Å². The summed E-state index contributed by atoms with van der Waals surface area (Å²) in [6.07, 6.45) is 2.87. The number of nitrogens with one attached hydrogen (secondary N) is 1. The molecule has 7 nitrogen and oxygen atoms in total. The first-order valence-electron chi connectivity index (χ1n) is 14.3. The number of carbonyl (C=O) groups is 3. The first-order valence-corrected chi connectivity index (χ1v) is 15.1. The van der Waals surface area contributed by atoms with E-state index >= 15 is 0 Å². The number of hydrogen-bond donors (Lipinski definition) is 1. The molecule has 216 valence electrons. The van der Waals surface area contributed by atoms with Crippen LogP contribution in [-0.4, -0.2) is 66.3 Å². The van der Waals surface area contributed by atoms with Crippen LogP contribution < -0.4 is 10.2 Å². The van der Waals surface area contributed by atoms with Crippen molar-refractivity contribution < 1.29 is 14.4 Å². The van der Waals surface area contributed by atoms with Gasteiger partial charge in [0.05, 0.1) is 6.04 Å². The van der Waals surface area contributed by atoms with Crippen LogP contribution in [0.3, 0.4) is 0 Å². The lowest BCUT2D eigenvalue weighted by atomic mass is 9.94. The van der Waals surface area contributed by atoms with Gasteiger partial charge in [0.15, 0.2) is 0 Å². The maximum atomic E-state index is 13.9. The number of halogens is 2. The van der Waals surface area contributed by atoms with Gasteiger partial charge in [-0.15, -0.1) is 0 Å². The smallest absolute Gasteiger partial charge is 0.245 e. The molecule has 2 atom stereocenters. The molecular weight excluding hydrogens is 547 g/mol. The number of amides is 3. The van der Waals surface area contributed by atoms with Gasteiger partial charge in [0, 0.05) is 67.7 Å². The van der Waals surface area contributed by atoms with Crippen molar-refractivity contribution in [3.8, 4) is 0 Å². The van der Waals surface area contributed by atoms with E-state index in [9.17, 15) is 14.4 Å². The van der Waals surface area contributed by atoms with E-state index in [1.54, 1.807) is 17.0 Å². The molecule has 0 unspecified atom stereocenters. The highest BCUT2D eigenvalue weighted by Gasteiger charge is 2.37. The Morgan fingerprint density at radius 2 is 1.73 bits per heavy atom. The lowest BCUT2D eigenvalue weighted by Crippen LogP contribution is -2.56. The van der Waals surface area contributed by atoms with Gasteiger partial charge in [0.25, 0.3) is 0 Å². The molecule has 4 rings (SSSR count). The number of benzene rings is 2. The molecule has 2 aliphatic heterocycles. The van der Waals surface area contributed by atoms with Crippen molar-refractivity contribution in [3.05, 3.63) is 63.6 Å². The number of piperazine rings is 1. The summed E-state index contributed by atoms with van der Waals surface area (Å²) in [6, 6.07) is 12.9. The Labute approximate surface area is 247 Å². The molecular formula is C31H40Cl2N4O3. The minimum atomic E-state index is -0.591. The van der Waals surface area contributed by atoms with Crippen molar-refractivity contribution in [1.29, 1.82) is 0 Å². The van der Waals surface area contributed by atoms with Crippen LogP contribution in [0.2, 0.25) is 10.0 Å². The fourth-order valence-corrected chi connectivity index (χ4v) is 6.19. The van der Waals surface area contributed by atoms with Crippen molar-refractivity contribution in [3.63, 3.8) is 0 Å². The van der Waals surface area contributed by atoms with Crippen LogP contribution in [0.5, 0.6) is 0 Å². The highest BCUT2D eigenvalue weighted by atomic mass is 35.5. The van der Waals surface area contributed by atoms with Crippen molar-refractivity contribution in [2.24, 2.45) is 5.92 Å². The minimum Gasteiger partial charge on any atom is -0.368 e. The molecule has 0 saturated carbocycles. The van der Waals surface area contributed by atoms with Gasteiger partial charge >= 0.3 is 0 Å². The maximum absolute atomic E-state index is 13.9. The zero-order valence-corrected chi connectivity index (χ0v) is 25.2. The Bertz CT molecular complexity index is 1210. The molecule has 0 spiro atoms. The summed E-state index contributed by atoms with van der Waals surface area (Å²) in [4.78, 5) is 44.9. The number of carbonyl (C=O) groups excluding carboxylic acids is 3. The molecule has 1 N–H and O–H groups in total. The zero-order valence-electron chi connectivity index (χ0n) is 23.7. The van der Waals surface area contributed by atoms with Gasteiger partial charge in [-0.05, 0) is 48.1 Å². The third-order valence-corrected chi connectivity index (χ3v) is 8.39. The summed E-state index contributed by atoms with van der Waals surface area (Å²) in [7, 11) is 0. The summed E-state index contributed by atoms with van der Waals surface area (Å²) < 4.78 is 0. The highest BCUT2D eigenvalue weighted by molar-refractivity contribution is 6.35. The average molecular weight is 588 g/mol. The van der Waals surface area contributed by atoms with Gasteiger partial charge in [-0.25, -0.2) is 0 Å². The SMILES string of the molecule is CCC(=O)N[C@H](CC(C)C)c1ccccc1N1CCN(C(=O)[C@@H](Cc2ccc(Cl)cc2Cl)N2CCCC2=O)CC1. The van der Waals surface area contributed by atoms with Crippen molar-refractivity contribution in [2.75, 3.05) is 37.6 Å². The molecule has 0 radical (unpaired) electrons. The van der Waals surface area contributed by atoms with Crippen LogP contribution in [0.1, 0.15) is 63.6 Å². The van der Waals surface area contributed by atoms with Crippen LogP contribution in [0.15, 0.2) is 42.5 Å². The molecule has 2 aromatic rings. The van der Waals surface area contributed by atoms with Gasteiger partial charge in [-0.3, -0.25) is 14.4 Å². The van der Waals surface area contributed by atoms with Crippen LogP contribution in [0, 0.1) is 5.92 Å². The fraction of sp³-hybridized carbons (Fsp3) is 0.516. The van der Waals surface area contributed by atoms with E-state index in [1.165, 1.54) is 0 Å². The average Bonchev–Trinajstić information content (AvgIpc) is 3.37. The number of para-hydroxylation sites is 1. The molecule has 3 amide bonds. The normalized spacial score (nSPS) is 17.4. The number of hydrogen-bond acceptors (Lipinski definition) is 4. The second kappa shape index (κ2) is 13.7. The lowest BCUT2D eigenvalue weighted by molar-refractivity contribution is -0.143. The van der Waals surface area contributed by atoms with Crippen LogP contribution in [-0.2, 0) is 20.8 Å². The molecule has 0 bridgehead atoms. The summed E-state index contributed by atoms with van der Waals surface area (Å²) >= 11 is 12.6. The Hall–Kier alpha value is -2.77. The second-order valence-electron chi connectivity index (χ2n) is 11.1. The zero-order chi connectivity index (χ0) is 28.8. The fourth-order valence-electron chi connectivity index (χ4n) is 5.71. The first kappa shape index (κ1) is 30.2. The standard InChI is InChI=1S/C31H40Cl2N4O3/c1-4-29(38)34-26(18-21(2)3)24-8-5-6-9-27(24)35-14-16-36(17-15-35)31(40)28(37-13-7-10-30(37)39)19-22-11-12-23(32)20-25(22)33/h5-6,8-9,11-12,20-21,26,28H,4,7,10,13-19H2,1-3H3,(H,34,38)/t26-,28-/m1/s1. The maximum Gasteiger partial charge on any atom is 0.245 e. The molecule has 0 aromatic heterocycles. The second-order valence-corrected chi connectivity index (χ2v) is 12.0. The van der Waals surface area contributed by atoms with Crippen LogP contribution in [0.25, 0.3) is 0 Å². The number of nitrogens with zero attached hydrogens (tertiary/aromatic N) is 3. The number of rotatable bonds is 10. The third kappa shape index (κ3) is 7.29. The molecule has 2 aliphatic rings. The monoisotopic (exact) mass is 586 g/mol. The summed E-state index contributed by atoms with van der Waals surface area (Å²) in [5.74, 6) is 0.437. The predicted octanol–water partition coefficient (Wildman–Crippen LogP) is 5.49. The number of anilines is 1. The highest BCUT2D eigenvalue weighted by Crippen LogP contribution is 2.32. The molecule has 2 fully saturated rings. The summed E-state index contributed by atoms with van der Waals surface area (Å²) in [5, 5.41) is 4.26. The van der Waals surface area contributed by atoms with E-state index in [4.69, 9.17) is 23.2 Å². The largest absolute Gasteiger partial charge is 0.368 e. The van der Waals surface area contributed by atoms with E-state index in [-0.39, 0.29) is 23.8 Å². The van der Waals surface area contributed by atoms with E-state index in [0.29, 0.717) is 67.9 Å². The summed E-state index contributed by atoms with van der Waals surface area (Å²) in [5.41, 5.74) is 3.01.